The predicted octanol–water partition coefficient (Wildman–Crippen LogP) is 5.72. The summed E-state index contributed by atoms with van der Waals surface area (Å²) < 4.78 is 23.5. The predicted molar refractivity (Wildman–Crippen MR) is 292 cm³/mol. The molecule has 20 nitrogen and oxygen atoms in total. The highest BCUT2D eigenvalue weighted by atomic mass is 28.3. The lowest BCUT2D eigenvalue weighted by Gasteiger charge is -2.33. The molecule has 0 spiro atoms. The van der Waals surface area contributed by atoms with Gasteiger partial charge in [0.15, 0.2) is 6.10 Å². The van der Waals surface area contributed by atoms with Gasteiger partial charge in [0.1, 0.15) is 36.4 Å². The van der Waals surface area contributed by atoms with Crippen LogP contribution in [0.25, 0.3) is 0 Å². The van der Waals surface area contributed by atoms with Crippen LogP contribution < -0.4 is 16.0 Å². The molecule has 0 radical (unpaired) electrons. The monoisotopic (exact) mass is 1080 g/mol. The van der Waals surface area contributed by atoms with E-state index in [1.807, 2.05) is 20.8 Å². The van der Waals surface area contributed by atoms with Crippen molar-refractivity contribution in [3.63, 3.8) is 0 Å². The molecule has 2 rings (SSSR count). The average Bonchev–Trinajstić information content (AvgIpc) is 3.36. The lowest BCUT2D eigenvalue weighted by molar-refractivity contribution is -0.155. The fourth-order valence-electron chi connectivity index (χ4n) is 7.95. The zero-order chi connectivity index (χ0) is 57.8. The van der Waals surface area contributed by atoms with Gasteiger partial charge in [0, 0.05) is 73.7 Å². The maximum absolute atomic E-state index is 14.3. The van der Waals surface area contributed by atoms with Crippen LogP contribution in [0.2, 0.25) is 25.7 Å². The van der Waals surface area contributed by atoms with Gasteiger partial charge >= 0.3 is 24.1 Å². The van der Waals surface area contributed by atoms with Gasteiger partial charge in [-0.2, -0.15) is 0 Å². The molecule has 1 aliphatic heterocycles. The summed E-state index contributed by atoms with van der Waals surface area (Å²) in [4.78, 5) is 130. The SMILES string of the molecule is C/C=C(\C)[C@H]1OC(=O)[C@@H](C)NC(=O)[C@H]([C@H](C)CC)NC(=O)CN(C)C(=O)[C@@H](Cc2ccccc2)N(C)C(=O)[C@H](C)NC(=O)[C@@H](CC(C)C)OC(=O)/C(C)=C/C[C@H](OC(=O)N(C)CCN(C)C(=O)OCC[Si](C)(C)C)[C@@H]1C. The van der Waals surface area contributed by atoms with Gasteiger partial charge in [0.2, 0.25) is 23.6 Å². The molecule has 0 unspecified atom stereocenters. The van der Waals surface area contributed by atoms with Crippen LogP contribution >= 0.6 is 0 Å². The van der Waals surface area contributed by atoms with E-state index in [9.17, 15) is 43.2 Å². The maximum atomic E-state index is 14.3. The highest BCUT2D eigenvalue weighted by Gasteiger charge is 2.38. The normalized spacial score (nSPS) is 25.0. The van der Waals surface area contributed by atoms with Crippen molar-refractivity contribution in [1.29, 1.82) is 0 Å². The van der Waals surface area contributed by atoms with Crippen molar-refractivity contribution in [3.8, 4) is 0 Å². The third-order valence-corrected chi connectivity index (χ3v) is 15.2. The molecule has 1 heterocycles. The second-order valence-electron chi connectivity index (χ2n) is 21.8. The van der Waals surface area contributed by atoms with Crippen LogP contribution in [0.3, 0.4) is 0 Å². The van der Waals surface area contributed by atoms with Crippen molar-refractivity contribution in [2.45, 2.75) is 163 Å². The third-order valence-electron chi connectivity index (χ3n) is 13.5. The molecule has 0 aromatic heterocycles. The molecule has 1 aromatic carbocycles. The van der Waals surface area contributed by atoms with Crippen molar-refractivity contribution in [2.75, 3.05) is 54.4 Å². The lowest BCUT2D eigenvalue weighted by atomic mass is 9.90. The number of amides is 7. The molecule has 0 fully saturated rings. The number of rotatable bonds is 14. The first-order valence-electron chi connectivity index (χ1n) is 26.4. The number of carbonyl (C=O) groups excluding carboxylic acids is 9. The Morgan fingerprint density at radius 2 is 1.45 bits per heavy atom. The summed E-state index contributed by atoms with van der Waals surface area (Å²) in [5.41, 5.74) is 1.35. The van der Waals surface area contributed by atoms with Crippen LogP contribution in [0.15, 0.2) is 53.6 Å². The summed E-state index contributed by atoms with van der Waals surface area (Å²) in [6, 6.07) is 5.02. The highest BCUT2D eigenvalue weighted by Crippen LogP contribution is 2.27. The largest absolute Gasteiger partial charge is 0.456 e. The second-order valence-corrected chi connectivity index (χ2v) is 27.4. The molecule has 1 aromatic rings. The summed E-state index contributed by atoms with van der Waals surface area (Å²) in [6.07, 6.45) is -1.05. The quantitative estimate of drug-likeness (QED) is 0.0876. The Morgan fingerprint density at radius 1 is 0.855 bits per heavy atom. The minimum absolute atomic E-state index is 0.0538. The minimum Gasteiger partial charge on any atom is -0.456 e. The fraction of sp³-hybridized carbons (Fsp3) is 0.655. The summed E-state index contributed by atoms with van der Waals surface area (Å²) in [5.74, 6) is -6.40. The number of benzene rings is 1. The Balaban J connectivity index is 2.69. The van der Waals surface area contributed by atoms with Crippen molar-refractivity contribution in [3.05, 3.63) is 59.2 Å². The van der Waals surface area contributed by atoms with E-state index in [4.69, 9.17) is 18.9 Å². The van der Waals surface area contributed by atoms with Crippen LogP contribution in [0.4, 0.5) is 9.59 Å². The van der Waals surface area contributed by atoms with Gasteiger partial charge in [0.25, 0.3) is 5.91 Å². The van der Waals surface area contributed by atoms with Gasteiger partial charge in [-0.3, -0.25) is 24.0 Å². The van der Waals surface area contributed by atoms with Crippen LogP contribution in [-0.4, -0.2) is 178 Å². The first-order valence-corrected chi connectivity index (χ1v) is 30.1. The van der Waals surface area contributed by atoms with E-state index in [-0.39, 0.29) is 50.4 Å². The average molecular weight is 1080 g/mol. The van der Waals surface area contributed by atoms with Crippen molar-refractivity contribution < 1.29 is 62.1 Å². The zero-order valence-corrected chi connectivity index (χ0v) is 49.3. The number of ether oxygens (including phenoxy) is 4. The van der Waals surface area contributed by atoms with Crippen molar-refractivity contribution in [2.24, 2.45) is 17.8 Å². The first kappa shape index (κ1) is 65.9. The summed E-state index contributed by atoms with van der Waals surface area (Å²) >= 11 is 0. The Bertz CT molecular complexity index is 2220. The summed E-state index contributed by atoms with van der Waals surface area (Å²) in [5, 5.41) is 8.10. The summed E-state index contributed by atoms with van der Waals surface area (Å²) in [6.45, 7) is 23.3. The fourth-order valence-corrected chi connectivity index (χ4v) is 8.66. The Morgan fingerprint density at radius 3 is 2.01 bits per heavy atom. The Kier molecular flexibility index (Phi) is 26.9. The van der Waals surface area contributed by atoms with E-state index in [0.29, 0.717) is 17.6 Å². The first-order chi connectivity index (χ1) is 35.4. The van der Waals surface area contributed by atoms with Crippen LogP contribution in [0, 0.1) is 17.8 Å². The summed E-state index contributed by atoms with van der Waals surface area (Å²) in [7, 11) is 4.44. The standard InChI is InChI=1S/C55H89N7O13Si/c1-18-35(5)46-49(65)57-40(10)53(69)75-47(36(6)19-2)38(8)43(74-55(71)60(12)28-27-59(11)54(70)72-29-30-76(15,16)17)26-25-37(7)52(68)73-44(31-34(3)4)48(64)56-39(9)50(66)62(14)42(32-41-23-21-20-22-24-41)51(67)61(13)33-45(63)58-46/h19-25,34-35,38-40,42-44,46-47H,18,26-33H2,1-17H3,(H,56,64)(H,57,65)(H,58,63)/b36-19+,37-25+/t35-,38+,39+,40-,42-,43+,44-,46+,47-/m1/s1. The number of hydrogen-bond donors (Lipinski definition) is 3. The van der Waals surface area contributed by atoms with Gasteiger partial charge in [-0.05, 0) is 70.1 Å². The topological polar surface area (TPSA) is 240 Å². The van der Waals surface area contributed by atoms with E-state index in [1.165, 1.54) is 62.7 Å². The molecule has 1 aliphatic rings. The van der Waals surface area contributed by atoms with Gasteiger partial charge in [-0.25, -0.2) is 19.2 Å². The van der Waals surface area contributed by atoms with Gasteiger partial charge < -0.3 is 54.5 Å². The zero-order valence-electron chi connectivity index (χ0n) is 48.3. The minimum atomic E-state index is -1.45. The third kappa shape index (κ3) is 21.4. The smallest absolute Gasteiger partial charge is 0.409 e. The second kappa shape index (κ2) is 31.1. The maximum Gasteiger partial charge on any atom is 0.409 e. The van der Waals surface area contributed by atoms with Crippen LogP contribution in [0.5, 0.6) is 0 Å². The Hall–Kier alpha value is -6.25. The van der Waals surface area contributed by atoms with Gasteiger partial charge in [-0.1, -0.05) is 103 Å². The molecular formula is C55H89N7O13Si. The number of cyclic esters (lactones) is 2. The number of likely N-dealkylation sites (N-methyl/N-ethyl adjacent to an activating group) is 4. The molecule has 0 saturated carbocycles. The molecule has 0 bridgehead atoms. The number of nitrogens with one attached hydrogen (secondary N) is 3. The number of allylic oxidation sites excluding steroid dienone is 1. The Labute approximate surface area is 452 Å². The van der Waals surface area contributed by atoms with Crippen molar-refractivity contribution >= 4 is 61.7 Å². The van der Waals surface area contributed by atoms with E-state index < -0.39 is 123 Å². The highest BCUT2D eigenvalue weighted by molar-refractivity contribution is 6.76. The molecule has 3 N–H and O–H groups in total. The molecule has 0 saturated heterocycles. The van der Waals surface area contributed by atoms with Crippen molar-refractivity contribution in [1.82, 2.24) is 35.6 Å². The molecular weight excluding hydrogens is 995 g/mol. The van der Waals surface area contributed by atoms with E-state index in [1.54, 1.807) is 71.2 Å². The number of hydrogen-bond acceptors (Lipinski definition) is 13. The van der Waals surface area contributed by atoms with Crippen LogP contribution in [0.1, 0.15) is 94.1 Å². The van der Waals surface area contributed by atoms with Gasteiger partial charge in [0.05, 0.1) is 13.2 Å². The van der Waals surface area contributed by atoms with E-state index in [2.05, 4.69) is 35.6 Å². The van der Waals surface area contributed by atoms with E-state index >= 15 is 0 Å². The van der Waals surface area contributed by atoms with E-state index in [0.717, 1.165) is 10.9 Å². The van der Waals surface area contributed by atoms with Crippen LogP contribution in [-0.2, 0) is 58.9 Å². The number of esters is 2. The lowest BCUT2D eigenvalue weighted by Crippen LogP contribution is -2.57. The molecule has 21 heteroatoms. The number of carbonyl (C=O) groups is 9. The molecule has 7 amide bonds. The molecule has 0 aliphatic carbocycles. The molecule has 9 atom stereocenters. The molecule has 76 heavy (non-hydrogen) atoms. The molecule has 426 valence electrons. The van der Waals surface area contributed by atoms with Gasteiger partial charge in [-0.15, -0.1) is 0 Å². The number of nitrogens with zero attached hydrogens (tertiary/aromatic N) is 4.